The van der Waals surface area contributed by atoms with Crippen molar-refractivity contribution >= 4 is 23.8 Å². The van der Waals surface area contributed by atoms with Gasteiger partial charge in [0.25, 0.3) is 0 Å². The standard InChI is InChI=1S/C19H17OP.2C11H8N.CH4.Ir/c1-15-9-8-14-18(19(15)20)21(16-10-4-2-5-11-16)17-12-6-3-7-13-17;2*1-2-6-10(7-3-1)11-8-4-5-9-12-11;;/h2-14,20H,1H3;2*1-6,8-9H;1H4;/q;2*-1;;/p+1. The van der Waals surface area contributed by atoms with Gasteiger partial charge in [-0.25, -0.2) is 0 Å². The predicted octanol–water partition coefficient (Wildman–Crippen LogP) is 8.92. The second kappa shape index (κ2) is 19.7. The van der Waals surface area contributed by atoms with Crippen molar-refractivity contribution in [2.24, 2.45) is 0 Å². The third kappa shape index (κ3) is 10.7. The molecule has 237 valence electrons. The van der Waals surface area contributed by atoms with Crippen molar-refractivity contribution in [3.05, 3.63) is 194 Å². The third-order valence-electron chi connectivity index (χ3n) is 6.93. The monoisotopic (exact) mass is 810 g/mol. The molecule has 0 aliphatic rings. The van der Waals surface area contributed by atoms with Crippen molar-refractivity contribution < 1.29 is 25.2 Å². The number of pyridine rings is 2. The normalized spacial score (nSPS) is 9.74. The zero-order valence-corrected chi connectivity index (χ0v) is 28.8. The molecule has 0 unspecified atom stereocenters. The number of aromatic hydroxyl groups is 1. The van der Waals surface area contributed by atoms with Crippen LogP contribution in [-0.2, 0) is 20.1 Å². The summed E-state index contributed by atoms with van der Waals surface area (Å²) in [6.45, 7) is 1.95. The molecule has 47 heavy (non-hydrogen) atoms. The Hall–Kier alpha value is -4.72. The van der Waals surface area contributed by atoms with E-state index in [1.54, 1.807) is 12.4 Å². The summed E-state index contributed by atoms with van der Waals surface area (Å²) in [6.07, 6.45) is 3.58. The summed E-state index contributed by atoms with van der Waals surface area (Å²) in [5.41, 5.74) is 4.95. The maximum absolute atomic E-state index is 10.5. The van der Waals surface area contributed by atoms with Crippen LogP contribution in [0.2, 0.25) is 0 Å². The molecule has 5 aromatic carbocycles. The first-order valence-corrected chi connectivity index (χ1v) is 16.2. The van der Waals surface area contributed by atoms with Gasteiger partial charge < -0.3 is 15.1 Å². The molecule has 7 rings (SSSR count). The van der Waals surface area contributed by atoms with E-state index in [1.807, 2.05) is 116 Å². The van der Waals surface area contributed by atoms with Gasteiger partial charge in [-0.15, -0.1) is 71.8 Å². The third-order valence-corrected chi connectivity index (χ3v) is 9.70. The van der Waals surface area contributed by atoms with Crippen LogP contribution in [0.3, 0.4) is 0 Å². The summed E-state index contributed by atoms with van der Waals surface area (Å²) in [5, 5.41) is 14.1. The summed E-state index contributed by atoms with van der Waals surface area (Å²) >= 11 is 0. The molecule has 2 aromatic heterocycles. The molecular formula is C42H38IrN2OP-. The molecule has 1 N–H and O–H groups in total. The fraction of sp³-hybridized carbons (Fsp3) is 0.0476. The Labute approximate surface area is 294 Å². The van der Waals surface area contributed by atoms with Gasteiger partial charge in [-0.05, 0) is 66.3 Å². The zero-order valence-electron chi connectivity index (χ0n) is 25.4. The van der Waals surface area contributed by atoms with Crippen LogP contribution < -0.4 is 15.9 Å². The number of para-hydroxylation sites is 1. The Kier molecular flexibility index (Phi) is 15.4. The molecule has 0 atom stereocenters. The van der Waals surface area contributed by atoms with Crippen LogP contribution in [0, 0.1) is 19.1 Å². The quantitative estimate of drug-likeness (QED) is 0.140. The van der Waals surface area contributed by atoms with Crippen LogP contribution in [0.25, 0.3) is 22.5 Å². The van der Waals surface area contributed by atoms with Gasteiger partial charge >= 0.3 is 0 Å². The number of benzene rings is 5. The van der Waals surface area contributed by atoms with E-state index in [4.69, 9.17) is 0 Å². The molecule has 3 nitrogen and oxygen atoms in total. The van der Waals surface area contributed by atoms with Gasteiger partial charge in [-0.3, -0.25) is 0 Å². The molecule has 0 fully saturated rings. The van der Waals surface area contributed by atoms with Crippen LogP contribution in [0.1, 0.15) is 13.0 Å². The molecule has 1 radical (unpaired) electrons. The smallest absolute Gasteiger partial charge is 0.161 e. The second-order valence-electron chi connectivity index (χ2n) is 10.1. The average Bonchev–Trinajstić information content (AvgIpc) is 3.13. The minimum atomic E-state index is -1.18. The molecule has 0 aliphatic heterocycles. The maximum atomic E-state index is 10.5. The second-order valence-corrected chi connectivity index (χ2v) is 12.5. The fourth-order valence-corrected chi connectivity index (χ4v) is 7.40. The van der Waals surface area contributed by atoms with Crippen molar-refractivity contribution in [2.45, 2.75) is 14.4 Å². The number of hydrogen-bond acceptors (Lipinski definition) is 3. The Morgan fingerprint density at radius 2 is 0.957 bits per heavy atom. The molecule has 2 heterocycles. The van der Waals surface area contributed by atoms with Gasteiger partial charge in [0, 0.05) is 32.5 Å². The number of nitrogens with zero attached hydrogens (tertiary/aromatic N) is 2. The molecule has 0 spiro atoms. The molecule has 0 saturated carbocycles. The summed E-state index contributed by atoms with van der Waals surface area (Å²) < 4.78 is 0. The van der Waals surface area contributed by atoms with E-state index in [1.165, 1.54) is 10.6 Å². The van der Waals surface area contributed by atoms with Crippen LogP contribution in [0.5, 0.6) is 5.75 Å². The first-order valence-electron chi connectivity index (χ1n) is 14.7. The number of phenols is 1. The van der Waals surface area contributed by atoms with Crippen LogP contribution >= 0.6 is 7.92 Å². The number of phenolic OH excluding ortho intramolecular Hbond substituents is 1. The van der Waals surface area contributed by atoms with Crippen molar-refractivity contribution in [2.75, 3.05) is 0 Å². The van der Waals surface area contributed by atoms with E-state index in [0.717, 1.165) is 33.4 Å². The first kappa shape index (κ1) is 36.7. The van der Waals surface area contributed by atoms with Crippen molar-refractivity contribution in [3.63, 3.8) is 0 Å². The summed E-state index contributed by atoms with van der Waals surface area (Å²) in [6, 6.07) is 60.6. The average molecular weight is 810 g/mol. The van der Waals surface area contributed by atoms with E-state index >= 15 is 0 Å². The summed E-state index contributed by atoms with van der Waals surface area (Å²) in [5.74, 6) is 0.430. The van der Waals surface area contributed by atoms with Crippen LogP contribution in [-0.4, -0.2) is 15.1 Å². The van der Waals surface area contributed by atoms with E-state index < -0.39 is 7.92 Å². The minimum absolute atomic E-state index is 0. The van der Waals surface area contributed by atoms with E-state index in [-0.39, 0.29) is 27.5 Å². The topological polar surface area (TPSA) is 46.0 Å². The molecule has 7 aromatic rings. The van der Waals surface area contributed by atoms with Crippen molar-refractivity contribution in [3.8, 4) is 28.3 Å². The Bertz CT molecular complexity index is 1650. The van der Waals surface area contributed by atoms with Gasteiger partial charge in [0.15, 0.2) is 5.75 Å². The SMILES string of the molecule is C.Cc1cccc([PH+](c2ccccc2)c2ccccc2)c1O.[Ir].[c-]1ccccc1-c1ccccn1.[c-]1ccccc1-c1ccccn1. The number of hydrogen-bond donors (Lipinski definition) is 1. The number of aromatic nitrogens is 2. The van der Waals surface area contributed by atoms with E-state index in [9.17, 15) is 5.11 Å². The summed E-state index contributed by atoms with van der Waals surface area (Å²) in [4.78, 5) is 8.44. The molecule has 5 heteroatoms. The summed E-state index contributed by atoms with van der Waals surface area (Å²) in [7, 11) is -1.18. The van der Waals surface area contributed by atoms with Gasteiger partial charge in [-0.2, -0.15) is 0 Å². The zero-order chi connectivity index (χ0) is 31.1. The van der Waals surface area contributed by atoms with Crippen LogP contribution in [0.15, 0.2) is 176 Å². The first-order chi connectivity index (χ1) is 22.2. The Morgan fingerprint density at radius 1 is 0.511 bits per heavy atom. The minimum Gasteiger partial charge on any atom is -0.504 e. The molecular weight excluding hydrogens is 772 g/mol. The fourth-order valence-electron chi connectivity index (χ4n) is 4.70. The molecule has 0 bridgehead atoms. The van der Waals surface area contributed by atoms with E-state index in [2.05, 4.69) is 76.7 Å². The van der Waals surface area contributed by atoms with Crippen LogP contribution in [0.4, 0.5) is 0 Å². The Balaban J connectivity index is 0.000000199. The van der Waals surface area contributed by atoms with Gasteiger partial charge in [0.05, 0.1) is 0 Å². The predicted molar refractivity (Wildman–Crippen MR) is 197 cm³/mol. The van der Waals surface area contributed by atoms with Gasteiger partial charge in [0.1, 0.15) is 23.8 Å². The number of rotatable bonds is 5. The molecule has 0 saturated heterocycles. The van der Waals surface area contributed by atoms with Crippen molar-refractivity contribution in [1.82, 2.24) is 9.97 Å². The van der Waals surface area contributed by atoms with Gasteiger partial charge in [0.2, 0.25) is 0 Å². The Morgan fingerprint density at radius 3 is 1.36 bits per heavy atom. The molecule has 0 amide bonds. The van der Waals surface area contributed by atoms with Gasteiger partial charge in [-0.1, -0.05) is 80.2 Å². The number of aryl methyl sites for hydroxylation is 1. The van der Waals surface area contributed by atoms with E-state index in [0.29, 0.717) is 5.75 Å². The largest absolute Gasteiger partial charge is 0.504 e. The molecule has 0 aliphatic carbocycles. The maximum Gasteiger partial charge on any atom is 0.161 e. The van der Waals surface area contributed by atoms with Crippen molar-refractivity contribution in [1.29, 1.82) is 0 Å².